The predicted molar refractivity (Wildman–Crippen MR) is 128 cm³/mol. The first-order valence-corrected chi connectivity index (χ1v) is 13.1. The maximum atomic E-state index is 13.5. The van der Waals surface area contributed by atoms with Crippen molar-refractivity contribution in [2.45, 2.75) is 102 Å². The molecule has 2 heterocycles. The molecule has 3 N–H and O–H groups in total. The first kappa shape index (κ1) is 25.1. The average molecular weight is 476 g/mol. The van der Waals surface area contributed by atoms with Gasteiger partial charge in [-0.25, -0.2) is 4.98 Å². The maximum absolute atomic E-state index is 13.5. The second-order valence-corrected chi connectivity index (χ2v) is 10.2. The molecule has 2 amide bonds. The summed E-state index contributed by atoms with van der Waals surface area (Å²) in [6.45, 7) is 6.05. The number of aryl methyl sites for hydroxylation is 1. The van der Waals surface area contributed by atoms with Crippen molar-refractivity contribution >= 4 is 11.8 Å². The number of imidazole rings is 1. The van der Waals surface area contributed by atoms with Crippen LogP contribution in [-0.2, 0) is 20.9 Å². The highest BCUT2D eigenvalue weighted by molar-refractivity contribution is 5.82. The maximum Gasteiger partial charge on any atom is 0.253 e. The number of aliphatic hydroxyl groups excluding tert-OH is 1. The molecule has 1 aliphatic heterocycles. The van der Waals surface area contributed by atoms with Crippen LogP contribution < -0.4 is 10.6 Å². The summed E-state index contributed by atoms with van der Waals surface area (Å²) in [6.07, 6.45) is 10.6. The third-order valence-electron chi connectivity index (χ3n) is 7.35. The SMILES string of the molecule is C[C@H]1CO[C@@H](C(=O)N(C2CC2)[C@@H](C)c2cn(CCCNC(=O)CO)c(C3CCCCC3)n2)CN1. The monoisotopic (exact) mass is 475 g/mol. The molecule has 34 heavy (non-hydrogen) atoms. The van der Waals surface area contributed by atoms with Crippen molar-refractivity contribution in [2.75, 3.05) is 26.3 Å². The second-order valence-electron chi connectivity index (χ2n) is 10.2. The number of nitrogens with zero attached hydrogens (tertiary/aromatic N) is 3. The van der Waals surface area contributed by atoms with E-state index in [0.29, 0.717) is 25.6 Å². The number of hydrogen-bond acceptors (Lipinski definition) is 6. The Morgan fingerprint density at radius 3 is 2.71 bits per heavy atom. The van der Waals surface area contributed by atoms with Gasteiger partial charge in [0.05, 0.1) is 18.3 Å². The molecule has 2 saturated carbocycles. The summed E-state index contributed by atoms with van der Waals surface area (Å²) in [4.78, 5) is 32.0. The van der Waals surface area contributed by atoms with Crippen LogP contribution in [0.5, 0.6) is 0 Å². The number of amides is 2. The van der Waals surface area contributed by atoms with Crippen molar-refractivity contribution < 1.29 is 19.4 Å². The van der Waals surface area contributed by atoms with Crippen molar-refractivity contribution in [3.8, 4) is 0 Å². The number of carbonyl (C=O) groups excluding carboxylic acids is 2. The third-order valence-corrected chi connectivity index (χ3v) is 7.35. The van der Waals surface area contributed by atoms with Gasteiger partial charge in [-0.2, -0.15) is 0 Å². The normalized spacial score (nSPS) is 24.6. The zero-order valence-corrected chi connectivity index (χ0v) is 20.7. The van der Waals surface area contributed by atoms with Crippen LogP contribution in [0.3, 0.4) is 0 Å². The predicted octanol–water partition coefficient (Wildman–Crippen LogP) is 1.86. The van der Waals surface area contributed by atoms with Crippen LogP contribution >= 0.6 is 0 Å². The molecule has 3 fully saturated rings. The summed E-state index contributed by atoms with van der Waals surface area (Å²) in [6, 6.07) is 0.426. The van der Waals surface area contributed by atoms with Crippen molar-refractivity contribution in [3.63, 3.8) is 0 Å². The zero-order valence-electron chi connectivity index (χ0n) is 20.7. The van der Waals surface area contributed by atoms with Crippen LogP contribution in [0.1, 0.15) is 88.7 Å². The number of aliphatic hydroxyl groups is 1. The van der Waals surface area contributed by atoms with E-state index in [2.05, 4.69) is 35.2 Å². The molecule has 190 valence electrons. The van der Waals surface area contributed by atoms with Crippen LogP contribution in [0.25, 0.3) is 0 Å². The molecule has 3 atom stereocenters. The van der Waals surface area contributed by atoms with E-state index in [9.17, 15) is 9.59 Å². The molecule has 9 nitrogen and oxygen atoms in total. The number of ether oxygens (including phenoxy) is 1. The Bertz CT molecular complexity index is 825. The molecule has 1 aromatic rings. The van der Waals surface area contributed by atoms with E-state index in [4.69, 9.17) is 14.8 Å². The number of aromatic nitrogens is 2. The van der Waals surface area contributed by atoms with Crippen LogP contribution in [-0.4, -0.2) is 75.9 Å². The van der Waals surface area contributed by atoms with E-state index in [0.717, 1.165) is 50.2 Å². The lowest BCUT2D eigenvalue weighted by Gasteiger charge is -2.35. The fourth-order valence-corrected chi connectivity index (χ4v) is 5.24. The number of rotatable bonds is 10. The van der Waals surface area contributed by atoms with E-state index in [1.54, 1.807) is 0 Å². The molecule has 0 spiro atoms. The van der Waals surface area contributed by atoms with Gasteiger partial charge in [-0.3, -0.25) is 9.59 Å². The van der Waals surface area contributed by atoms with Crippen molar-refractivity contribution in [1.82, 2.24) is 25.1 Å². The first-order chi connectivity index (χ1) is 16.5. The van der Waals surface area contributed by atoms with E-state index >= 15 is 0 Å². The molecule has 3 aliphatic rings. The Balaban J connectivity index is 1.49. The quantitative estimate of drug-likeness (QED) is 0.446. The largest absolute Gasteiger partial charge is 0.387 e. The summed E-state index contributed by atoms with van der Waals surface area (Å²) in [5, 5.41) is 15.0. The minimum absolute atomic E-state index is 0.0647. The molecule has 9 heteroatoms. The highest BCUT2D eigenvalue weighted by Crippen LogP contribution is 2.37. The molecule has 2 aliphatic carbocycles. The van der Waals surface area contributed by atoms with Gasteiger partial charge >= 0.3 is 0 Å². The zero-order chi connectivity index (χ0) is 24.1. The van der Waals surface area contributed by atoms with Gasteiger partial charge in [-0.15, -0.1) is 0 Å². The second kappa shape index (κ2) is 11.6. The standard InChI is InChI=1S/C25H41N5O4/c1-17-16-34-22(13-27-17)25(33)30(20-9-10-20)18(2)21-14-29(12-6-11-26-23(32)15-31)24(28-21)19-7-4-3-5-8-19/h14,17-20,22,27,31H,3-13,15-16H2,1-2H3,(H,26,32)/t17-,18-,22+/m0/s1. The highest BCUT2D eigenvalue weighted by atomic mass is 16.5. The van der Waals surface area contributed by atoms with Gasteiger partial charge in [0, 0.05) is 43.8 Å². The number of hydrogen-bond donors (Lipinski definition) is 3. The van der Waals surface area contributed by atoms with E-state index in [-0.39, 0.29) is 29.9 Å². The lowest BCUT2D eigenvalue weighted by Crippen LogP contribution is -2.53. The minimum atomic E-state index is -0.482. The summed E-state index contributed by atoms with van der Waals surface area (Å²) < 4.78 is 8.12. The summed E-state index contributed by atoms with van der Waals surface area (Å²) in [7, 11) is 0. The molecular weight excluding hydrogens is 434 g/mol. The van der Waals surface area contributed by atoms with Crippen LogP contribution in [0, 0.1) is 0 Å². The molecule has 0 radical (unpaired) electrons. The molecule has 4 rings (SSSR count). The van der Waals surface area contributed by atoms with Crippen molar-refractivity contribution in [2.24, 2.45) is 0 Å². The Morgan fingerprint density at radius 2 is 2.06 bits per heavy atom. The number of carbonyl (C=O) groups is 2. The van der Waals surface area contributed by atoms with E-state index < -0.39 is 12.7 Å². The molecule has 0 unspecified atom stereocenters. The fourth-order valence-electron chi connectivity index (χ4n) is 5.24. The number of morpholine rings is 1. The lowest BCUT2D eigenvalue weighted by molar-refractivity contribution is -0.149. The molecule has 1 saturated heterocycles. The lowest BCUT2D eigenvalue weighted by atomic mass is 9.88. The van der Waals surface area contributed by atoms with Gasteiger partial charge in [-0.1, -0.05) is 19.3 Å². The molecule has 0 bridgehead atoms. The smallest absolute Gasteiger partial charge is 0.253 e. The Morgan fingerprint density at radius 1 is 1.29 bits per heavy atom. The van der Waals surface area contributed by atoms with Gasteiger partial charge in [0.1, 0.15) is 18.5 Å². The van der Waals surface area contributed by atoms with E-state index in [1.165, 1.54) is 19.3 Å². The van der Waals surface area contributed by atoms with Crippen LogP contribution in [0.4, 0.5) is 0 Å². The average Bonchev–Trinajstić information content (AvgIpc) is 3.60. The number of nitrogens with one attached hydrogen (secondary N) is 2. The van der Waals surface area contributed by atoms with Gasteiger partial charge < -0.3 is 29.9 Å². The van der Waals surface area contributed by atoms with Crippen molar-refractivity contribution in [3.05, 3.63) is 17.7 Å². The Kier molecular flexibility index (Phi) is 8.60. The van der Waals surface area contributed by atoms with Crippen LogP contribution in [0.15, 0.2) is 6.20 Å². The fraction of sp³-hybridized carbons (Fsp3) is 0.800. The van der Waals surface area contributed by atoms with Gasteiger partial charge in [-0.05, 0) is 46.0 Å². The third kappa shape index (κ3) is 6.17. The summed E-state index contributed by atoms with van der Waals surface area (Å²) in [5.41, 5.74) is 0.942. The molecule has 0 aromatic carbocycles. The summed E-state index contributed by atoms with van der Waals surface area (Å²) in [5.74, 6) is 1.27. The minimum Gasteiger partial charge on any atom is -0.387 e. The van der Waals surface area contributed by atoms with Crippen molar-refractivity contribution in [1.29, 1.82) is 0 Å². The van der Waals surface area contributed by atoms with Crippen LogP contribution in [0.2, 0.25) is 0 Å². The molecule has 1 aromatic heterocycles. The van der Waals surface area contributed by atoms with Gasteiger partial charge in [0.15, 0.2) is 0 Å². The van der Waals surface area contributed by atoms with E-state index in [1.807, 2.05) is 4.90 Å². The Labute approximate surface area is 202 Å². The first-order valence-electron chi connectivity index (χ1n) is 13.1. The summed E-state index contributed by atoms with van der Waals surface area (Å²) >= 11 is 0. The topological polar surface area (TPSA) is 109 Å². The molecular formula is C25H41N5O4. The highest BCUT2D eigenvalue weighted by Gasteiger charge is 2.41. The van der Waals surface area contributed by atoms with Gasteiger partial charge in [0.2, 0.25) is 5.91 Å². The Hall–Kier alpha value is -1.97. The van der Waals surface area contributed by atoms with Gasteiger partial charge in [0.25, 0.3) is 5.91 Å².